The van der Waals surface area contributed by atoms with E-state index in [-0.39, 0.29) is 0 Å². The van der Waals surface area contributed by atoms with Crippen LogP contribution in [0.25, 0.3) is 0 Å². The Balaban J connectivity index is 2.70. The van der Waals surface area contributed by atoms with Gasteiger partial charge in [0, 0.05) is 30.2 Å². The van der Waals surface area contributed by atoms with Crippen LogP contribution in [0.1, 0.15) is 38.9 Å². The van der Waals surface area contributed by atoms with E-state index < -0.39 is 0 Å². The molecule has 0 radical (unpaired) electrons. The van der Waals surface area contributed by atoms with Gasteiger partial charge in [0.1, 0.15) is 5.82 Å². The molecule has 0 saturated carbocycles. The lowest BCUT2D eigenvalue weighted by Gasteiger charge is -2.15. The largest absolute Gasteiger partial charge is 0.334 e. The summed E-state index contributed by atoms with van der Waals surface area (Å²) >= 11 is 3.55. The zero-order valence-electron chi connectivity index (χ0n) is 9.20. The highest BCUT2D eigenvalue weighted by Crippen LogP contribution is 2.16. The van der Waals surface area contributed by atoms with Crippen molar-refractivity contribution in [2.75, 3.05) is 5.33 Å². The Labute approximate surface area is 94.9 Å². The van der Waals surface area contributed by atoms with E-state index >= 15 is 0 Å². The monoisotopic (exact) mass is 258 g/mol. The molecule has 0 aromatic carbocycles. The number of hydrogen-bond acceptors (Lipinski definition) is 1. The van der Waals surface area contributed by atoms with Crippen molar-refractivity contribution in [3.63, 3.8) is 0 Å². The molecule has 1 atom stereocenters. The number of imidazole rings is 1. The van der Waals surface area contributed by atoms with Gasteiger partial charge in [0.25, 0.3) is 0 Å². The number of hydrogen-bond donors (Lipinski definition) is 0. The van der Waals surface area contributed by atoms with E-state index in [1.807, 2.05) is 6.20 Å². The van der Waals surface area contributed by atoms with Crippen molar-refractivity contribution in [2.45, 2.75) is 39.7 Å². The lowest BCUT2D eigenvalue weighted by Crippen LogP contribution is -2.13. The van der Waals surface area contributed by atoms with Crippen LogP contribution in [0.3, 0.4) is 0 Å². The first-order valence-corrected chi connectivity index (χ1v) is 6.38. The van der Waals surface area contributed by atoms with E-state index in [0.29, 0.717) is 11.8 Å². The molecule has 0 saturated heterocycles. The zero-order valence-corrected chi connectivity index (χ0v) is 10.8. The normalized spacial score (nSPS) is 13.5. The molecule has 2 nitrogen and oxygen atoms in total. The van der Waals surface area contributed by atoms with Gasteiger partial charge in [-0.3, -0.25) is 0 Å². The van der Waals surface area contributed by atoms with Crippen molar-refractivity contribution in [1.82, 2.24) is 9.55 Å². The van der Waals surface area contributed by atoms with E-state index in [1.54, 1.807) is 0 Å². The van der Waals surface area contributed by atoms with E-state index in [0.717, 1.165) is 11.9 Å². The molecule has 0 amide bonds. The Morgan fingerprint density at radius 1 is 1.50 bits per heavy atom. The number of aromatic nitrogens is 2. The SMILES string of the molecule is CCC(CBr)Cn1ccnc1C(C)C. The van der Waals surface area contributed by atoms with Gasteiger partial charge in [-0.05, 0) is 5.92 Å². The molecule has 80 valence electrons. The maximum absolute atomic E-state index is 4.39. The van der Waals surface area contributed by atoms with E-state index in [2.05, 4.69) is 52.4 Å². The molecule has 1 aromatic rings. The molecule has 1 unspecified atom stereocenters. The summed E-state index contributed by atoms with van der Waals surface area (Å²) in [5.74, 6) is 2.42. The highest BCUT2D eigenvalue weighted by molar-refractivity contribution is 9.09. The maximum atomic E-state index is 4.39. The van der Waals surface area contributed by atoms with Crippen molar-refractivity contribution in [2.24, 2.45) is 5.92 Å². The fourth-order valence-corrected chi connectivity index (χ4v) is 2.20. The van der Waals surface area contributed by atoms with Crippen LogP contribution in [0, 0.1) is 5.92 Å². The predicted molar refractivity (Wildman–Crippen MR) is 63.9 cm³/mol. The summed E-state index contributed by atoms with van der Waals surface area (Å²) in [5.41, 5.74) is 0. The van der Waals surface area contributed by atoms with Gasteiger partial charge >= 0.3 is 0 Å². The van der Waals surface area contributed by atoms with Crippen molar-refractivity contribution in [3.8, 4) is 0 Å². The Morgan fingerprint density at radius 3 is 2.71 bits per heavy atom. The topological polar surface area (TPSA) is 17.8 Å². The third-order valence-corrected chi connectivity index (χ3v) is 3.43. The van der Waals surface area contributed by atoms with Gasteiger partial charge in [0.15, 0.2) is 0 Å². The molecule has 0 aliphatic rings. The summed E-state index contributed by atoms with van der Waals surface area (Å²) in [6, 6.07) is 0. The first-order valence-electron chi connectivity index (χ1n) is 5.26. The molecule has 1 heterocycles. The Morgan fingerprint density at radius 2 is 2.21 bits per heavy atom. The molecule has 14 heavy (non-hydrogen) atoms. The first-order chi connectivity index (χ1) is 6.69. The third kappa shape index (κ3) is 2.84. The second kappa shape index (κ2) is 5.54. The van der Waals surface area contributed by atoms with Crippen LogP contribution in [-0.4, -0.2) is 14.9 Å². The third-order valence-electron chi connectivity index (χ3n) is 2.51. The number of halogens is 1. The van der Waals surface area contributed by atoms with Gasteiger partial charge in [0.2, 0.25) is 0 Å². The molecule has 0 fully saturated rings. The minimum absolute atomic E-state index is 0.512. The molecule has 3 heteroatoms. The van der Waals surface area contributed by atoms with Crippen molar-refractivity contribution in [1.29, 1.82) is 0 Å². The average Bonchev–Trinajstić information content (AvgIpc) is 2.62. The van der Waals surface area contributed by atoms with Crippen LogP contribution in [0.2, 0.25) is 0 Å². The lowest BCUT2D eigenvalue weighted by atomic mass is 10.1. The summed E-state index contributed by atoms with van der Waals surface area (Å²) in [6.45, 7) is 7.69. The van der Waals surface area contributed by atoms with Gasteiger partial charge in [-0.1, -0.05) is 43.1 Å². The number of alkyl halides is 1. The molecular weight excluding hydrogens is 240 g/mol. The summed E-state index contributed by atoms with van der Waals surface area (Å²) < 4.78 is 2.28. The van der Waals surface area contributed by atoms with Gasteiger partial charge in [-0.25, -0.2) is 4.98 Å². The maximum Gasteiger partial charge on any atom is 0.111 e. The van der Waals surface area contributed by atoms with Gasteiger partial charge in [-0.2, -0.15) is 0 Å². The average molecular weight is 259 g/mol. The Hall–Kier alpha value is -0.310. The van der Waals surface area contributed by atoms with Gasteiger partial charge < -0.3 is 4.57 Å². The van der Waals surface area contributed by atoms with Crippen LogP contribution < -0.4 is 0 Å². The molecule has 0 aliphatic heterocycles. The molecule has 1 aromatic heterocycles. The van der Waals surface area contributed by atoms with Crippen LogP contribution in [0.15, 0.2) is 12.4 Å². The van der Waals surface area contributed by atoms with Crippen molar-refractivity contribution >= 4 is 15.9 Å². The molecule has 0 spiro atoms. The van der Waals surface area contributed by atoms with Gasteiger partial charge in [-0.15, -0.1) is 0 Å². The quantitative estimate of drug-likeness (QED) is 0.741. The summed E-state index contributed by atoms with van der Waals surface area (Å²) in [5, 5.41) is 1.07. The highest BCUT2D eigenvalue weighted by Gasteiger charge is 2.10. The molecule has 0 aliphatic carbocycles. The lowest BCUT2D eigenvalue weighted by molar-refractivity contribution is 0.461. The molecular formula is C11H19BrN2. The minimum Gasteiger partial charge on any atom is -0.334 e. The fourth-order valence-electron chi connectivity index (χ4n) is 1.54. The second-order valence-electron chi connectivity index (χ2n) is 4.02. The number of nitrogens with zero attached hydrogens (tertiary/aromatic N) is 2. The second-order valence-corrected chi connectivity index (χ2v) is 4.67. The van der Waals surface area contributed by atoms with Crippen molar-refractivity contribution in [3.05, 3.63) is 18.2 Å². The van der Waals surface area contributed by atoms with Crippen LogP contribution >= 0.6 is 15.9 Å². The molecule has 1 rings (SSSR count). The van der Waals surface area contributed by atoms with Crippen LogP contribution in [0.4, 0.5) is 0 Å². The Kier molecular flexibility index (Phi) is 4.66. The summed E-state index contributed by atoms with van der Waals surface area (Å²) in [7, 11) is 0. The van der Waals surface area contributed by atoms with E-state index in [4.69, 9.17) is 0 Å². The molecule has 0 N–H and O–H groups in total. The minimum atomic E-state index is 0.512. The molecule has 0 bridgehead atoms. The number of rotatable bonds is 5. The van der Waals surface area contributed by atoms with Crippen LogP contribution in [-0.2, 0) is 6.54 Å². The smallest absolute Gasteiger partial charge is 0.111 e. The summed E-state index contributed by atoms with van der Waals surface area (Å²) in [4.78, 5) is 4.39. The summed E-state index contributed by atoms with van der Waals surface area (Å²) in [6.07, 6.45) is 5.19. The first kappa shape index (κ1) is 11.8. The van der Waals surface area contributed by atoms with Gasteiger partial charge in [0.05, 0.1) is 0 Å². The van der Waals surface area contributed by atoms with Crippen LogP contribution in [0.5, 0.6) is 0 Å². The zero-order chi connectivity index (χ0) is 10.6. The standard InChI is InChI=1S/C11H19BrN2/c1-4-10(7-12)8-14-6-5-13-11(14)9(2)3/h5-6,9-10H,4,7-8H2,1-3H3. The fraction of sp³-hybridized carbons (Fsp3) is 0.727. The van der Waals surface area contributed by atoms with E-state index in [9.17, 15) is 0 Å². The predicted octanol–water partition coefficient (Wildman–Crippen LogP) is 3.43. The van der Waals surface area contributed by atoms with Crippen molar-refractivity contribution < 1.29 is 0 Å². The van der Waals surface area contributed by atoms with E-state index in [1.165, 1.54) is 12.2 Å². The Bertz CT molecular complexity index is 264. The highest BCUT2D eigenvalue weighted by atomic mass is 79.9.